The Hall–Kier alpha value is -3.19. The fourth-order valence-electron chi connectivity index (χ4n) is 2.85. The normalized spacial score (nSPS) is 11.3. The Kier molecular flexibility index (Phi) is 5.94. The van der Waals surface area contributed by atoms with Crippen molar-refractivity contribution in [3.63, 3.8) is 0 Å². The second-order valence-corrected chi connectivity index (χ2v) is 8.20. The second kappa shape index (κ2) is 8.28. The highest BCUT2D eigenvalue weighted by molar-refractivity contribution is 6.33. The molecule has 0 atom stereocenters. The van der Waals surface area contributed by atoms with Crippen LogP contribution in [0.1, 0.15) is 47.2 Å². The van der Waals surface area contributed by atoms with E-state index in [-0.39, 0.29) is 39.0 Å². The van der Waals surface area contributed by atoms with Crippen molar-refractivity contribution in [3.8, 4) is 11.3 Å². The molecule has 3 aromatic rings. The molecule has 0 spiro atoms. The van der Waals surface area contributed by atoms with Gasteiger partial charge in [0, 0.05) is 16.8 Å². The second-order valence-electron chi connectivity index (χ2n) is 7.79. The van der Waals surface area contributed by atoms with E-state index < -0.39 is 11.7 Å². The third-order valence-corrected chi connectivity index (χ3v) is 4.50. The van der Waals surface area contributed by atoms with Gasteiger partial charge in [-0.15, -0.1) is 0 Å². The summed E-state index contributed by atoms with van der Waals surface area (Å²) < 4.78 is 19.4. The summed E-state index contributed by atoms with van der Waals surface area (Å²) in [4.78, 5) is 25.1. The predicted molar refractivity (Wildman–Crippen MR) is 113 cm³/mol. The summed E-state index contributed by atoms with van der Waals surface area (Å²) in [7, 11) is 0. The monoisotopic (exact) mass is 429 g/mol. The number of benzene rings is 2. The summed E-state index contributed by atoms with van der Waals surface area (Å²) in [6.07, 6.45) is 0. The maximum Gasteiger partial charge on any atom is 0.261 e. The van der Waals surface area contributed by atoms with Crippen LogP contribution in [0, 0.1) is 12.7 Å². The molecule has 0 bridgehead atoms. The van der Waals surface area contributed by atoms with E-state index in [0.717, 1.165) is 0 Å². The van der Waals surface area contributed by atoms with Gasteiger partial charge >= 0.3 is 0 Å². The molecule has 0 radical (unpaired) electrons. The van der Waals surface area contributed by atoms with Crippen molar-refractivity contribution in [2.75, 3.05) is 5.32 Å². The molecule has 0 aliphatic rings. The number of hydrogen-bond donors (Lipinski definition) is 2. The molecule has 2 aromatic carbocycles. The zero-order valence-electron chi connectivity index (χ0n) is 17.0. The molecule has 3 rings (SSSR count). The average Bonchev–Trinajstić information content (AvgIpc) is 3.02. The van der Waals surface area contributed by atoms with Crippen LogP contribution in [-0.4, -0.2) is 22.5 Å². The smallest absolute Gasteiger partial charge is 0.261 e. The first kappa shape index (κ1) is 21.5. The van der Waals surface area contributed by atoms with Crippen molar-refractivity contribution in [2.45, 2.75) is 33.2 Å². The first-order valence-corrected chi connectivity index (χ1v) is 9.59. The number of nitrogens with zero attached hydrogens (tertiary/aromatic N) is 1. The first-order valence-electron chi connectivity index (χ1n) is 9.21. The van der Waals surface area contributed by atoms with Crippen molar-refractivity contribution in [2.24, 2.45) is 0 Å². The summed E-state index contributed by atoms with van der Waals surface area (Å²) in [5, 5.41) is 9.52. The maximum atomic E-state index is 14.3. The Morgan fingerprint density at radius 2 is 1.73 bits per heavy atom. The Balaban J connectivity index is 1.84. The minimum absolute atomic E-state index is 0.00429. The van der Waals surface area contributed by atoms with Gasteiger partial charge in [-0.3, -0.25) is 9.59 Å². The zero-order valence-corrected chi connectivity index (χ0v) is 17.7. The van der Waals surface area contributed by atoms with Crippen molar-refractivity contribution in [1.82, 2.24) is 10.5 Å². The van der Waals surface area contributed by atoms with Crippen molar-refractivity contribution in [3.05, 3.63) is 70.2 Å². The molecule has 0 fully saturated rings. The largest absolute Gasteiger partial charge is 0.360 e. The highest BCUT2D eigenvalue weighted by atomic mass is 35.5. The minimum atomic E-state index is -0.612. The van der Waals surface area contributed by atoms with Crippen LogP contribution >= 0.6 is 11.6 Å². The molecule has 0 aliphatic heterocycles. The highest BCUT2D eigenvalue weighted by Crippen LogP contribution is 2.33. The molecule has 8 heteroatoms. The lowest BCUT2D eigenvalue weighted by Gasteiger charge is -2.20. The van der Waals surface area contributed by atoms with Gasteiger partial charge in [-0.1, -0.05) is 22.8 Å². The van der Waals surface area contributed by atoms with Gasteiger partial charge in [-0.25, -0.2) is 4.39 Å². The van der Waals surface area contributed by atoms with Crippen molar-refractivity contribution < 1.29 is 18.5 Å². The molecule has 0 saturated heterocycles. The summed E-state index contributed by atoms with van der Waals surface area (Å²) in [5.74, 6) is -1.14. The molecule has 0 unspecified atom stereocenters. The lowest BCUT2D eigenvalue weighted by molar-refractivity contribution is 0.0919. The number of nitrogens with one attached hydrogen (secondary N) is 2. The van der Waals surface area contributed by atoms with Crippen LogP contribution < -0.4 is 10.6 Å². The van der Waals surface area contributed by atoms with Crippen LogP contribution in [0.15, 0.2) is 47.0 Å². The summed E-state index contributed by atoms with van der Waals surface area (Å²) in [6, 6.07) is 10.6. The summed E-state index contributed by atoms with van der Waals surface area (Å²) >= 11 is 6.11. The van der Waals surface area contributed by atoms with E-state index in [1.807, 2.05) is 20.8 Å². The number of rotatable bonds is 4. The molecule has 156 valence electrons. The molecular formula is C22H21ClFN3O3. The van der Waals surface area contributed by atoms with Crippen LogP contribution in [0.2, 0.25) is 5.02 Å². The number of hydrogen-bond acceptors (Lipinski definition) is 4. The van der Waals surface area contributed by atoms with Gasteiger partial charge < -0.3 is 15.2 Å². The van der Waals surface area contributed by atoms with E-state index in [2.05, 4.69) is 15.8 Å². The molecule has 6 nitrogen and oxygen atoms in total. The maximum absolute atomic E-state index is 14.3. The number of halogens is 2. The molecule has 1 aromatic heterocycles. The zero-order chi connectivity index (χ0) is 22.1. The number of aromatic nitrogens is 1. The molecule has 2 N–H and O–H groups in total. The minimum Gasteiger partial charge on any atom is -0.360 e. The van der Waals surface area contributed by atoms with Crippen molar-refractivity contribution >= 4 is 29.1 Å². The van der Waals surface area contributed by atoms with E-state index in [4.69, 9.17) is 16.1 Å². The Bertz CT molecular complexity index is 1080. The number of carbonyl (C=O) groups is 2. The van der Waals surface area contributed by atoms with E-state index in [1.54, 1.807) is 31.2 Å². The number of aryl methyl sites for hydroxylation is 1. The Labute approximate surface area is 178 Å². The van der Waals surface area contributed by atoms with Gasteiger partial charge in [-0.05, 0) is 64.1 Å². The van der Waals surface area contributed by atoms with Gasteiger partial charge in [0.2, 0.25) is 0 Å². The molecule has 2 amide bonds. The van der Waals surface area contributed by atoms with Crippen LogP contribution in [0.3, 0.4) is 0 Å². The van der Waals surface area contributed by atoms with E-state index >= 15 is 0 Å². The lowest BCUT2D eigenvalue weighted by atomic mass is 10.0. The third kappa shape index (κ3) is 4.68. The van der Waals surface area contributed by atoms with Crippen LogP contribution in [-0.2, 0) is 0 Å². The predicted octanol–water partition coefficient (Wildman–Crippen LogP) is 5.22. The number of amides is 2. The van der Waals surface area contributed by atoms with Gasteiger partial charge in [0.1, 0.15) is 22.8 Å². The quantitative estimate of drug-likeness (QED) is 0.595. The first-order chi connectivity index (χ1) is 14.1. The number of carbonyl (C=O) groups excluding carboxylic acids is 2. The topological polar surface area (TPSA) is 84.2 Å². The third-order valence-electron chi connectivity index (χ3n) is 4.18. The molecule has 1 heterocycles. The summed E-state index contributed by atoms with van der Waals surface area (Å²) in [5.41, 5.74) is 0.655. The van der Waals surface area contributed by atoms with E-state index in [0.29, 0.717) is 11.3 Å². The van der Waals surface area contributed by atoms with Gasteiger partial charge in [0.05, 0.1) is 10.6 Å². The SMILES string of the molecule is Cc1onc(-c2c(F)cccc2Cl)c1C(=O)Nc1ccc(C(=O)NC(C)(C)C)cc1. The Morgan fingerprint density at radius 3 is 2.33 bits per heavy atom. The Morgan fingerprint density at radius 1 is 1.07 bits per heavy atom. The molecule has 0 saturated carbocycles. The highest BCUT2D eigenvalue weighted by Gasteiger charge is 2.25. The van der Waals surface area contributed by atoms with Gasteiger partial charge in [0.25, 0.3) is 11.8 Å². The molecule has 30 heavy (non-hydrogen) atoms. The van der Waals surface area contributed by atoms with Crippen LogP contribution in [0.25, 0.3) is 11.3 Å². The van der Waals surface area contributed by atoms with Crippen LogP contribution in [0.5, 0.6) is 0 Å². The lowest BCUT2D eigenvalue weighted by Crippen LogP contribution is -2.40. The molecular weight excluding hydrogens is 409 g/mol. The fraction of sp³-hybridized carbons (Fsp3) is 0.227. The van der Waals surface area contributed by atoms with Gasteiger partial charge in [0.15, 0.2) is 0 Å². The van der Waals surface area contributed by atoms with Crippen molar-refractivity contribution in [1.29, 1.82) is 0 Å². The summed E-state index contributed by atoms with van der Waals surface area (Å²) in [6.45, 7) is 7.22. The fourth-order valence-corrected chi connectivity index (χ4v) is 3.10. The van der Waals surface area contributed by atoms with Crippen LogP contribution in [0.4, 0.5) is 10.1 Å². The molecule has 0 aliphatic carbocycles. The number of anilines is 1. The average molecular weight is 430 g/mol. The standard InChI is InChI=1S/C22H21ClFN3O3/c1-12-17(19(27-30-12)18-15(23)6-5-7-16(18)24)21(29)25-14-10-8-13(9-11-14)20(28)26-22(2,3)4/h5-11H,1-4H3,(H,25,29)(H,26,28). The van der Waals surface area contributed by atoms with E-state index in [9.17, 15) is 14.0 Å². The van der Waals surface area contributed by atoms with E-state index in [1.165, 1.54) is 18.2 Å². The van der Waals surface area contributed by atoms with Gasteiger partial charge in [-0.2, -0.15) is 0 Å².